The summed E-state index contributed by atoms with van der Waals surface area (Å²) in [6.45, 7) is 3.05. The van der Waals surface area contributed by atoms with Crippen LogP contribution in [0.1, 0.15) is 18.4 Å². The standard InChI is InChI=1S/C15H20N2O2S/c18-14(19)13-11-20-15(16-13)6-8-17(9-7-15)10-12-4-2-1-3-5-12/h1-5,13,16H,6-11H2,(H,18,19)/t13-/m1/s1. The molecule has 0 unspecified atom stereocenters. The highest BCUT2D eigenvalue weighted by Gasteiger charge is 2.43. The number of carboxylic acids is 1. The average Bonchev–Trinajstić information content (AvgIpc) is 2.87. The first kappa shape index (κ1) is 13.9. The van der Waals surface area contributed by atoms with Gasteiger partial charge in [0.15, 0.2) is 0 Å². The normalized spacial score (nSPS) is 25.9. The number of aliphatic carboxylic acids is 1. The van der Waals surface area contributed by atoms with E-state index in [0.29, 0.717) is 5.75 Å². The van der Waals surface area contributed by atoms with E-state index in [9.17, 15) is 4.79 Å². The Morgan fingerprint density at radius 3 is 2.65 bits per heavy atom. The zero-order valence-corrected chi connectivity index (χ0v) is 12.2. The maximum atomic E-state index is 11.0. The predicted octanol–water partition coefficient (Wildman–Crippen LogP) is 1.77. The van der Waals surface area contributed by atoms with E-state index in [4.69, 9.17) is 5.11 Å². The Kier molecular flexibility index (Phi) is 4.01. The topological polar surface area (TPSA) is 52.6 Å². The number of hydrogen-bond donors (Lipinski definition) is 2. The van der Waals surface area contributed by atoms with Crippen LogP contribution in [-0.4, -0.2) is 45.7 Å². The molecule has 2 fully saturated rings. The van der Waals surface area contributed by atoms with Crippen molar-refractivity contribution in [1.29, 1.82) is 0 Å². The molecular weight excluding hydrogens is 272 g/mol. The van der Waals surface area contributed by atoms with Crippen LogP contribution < -0.4 is 5.32 Å². The van der Waals surface area contributed by atoms with E-state index >= 15 is 0 Å². The maximum Gasteiger partial charge on any atom is 0.321 e. The smallest absolute Gasteiger partial charge is 0.321 e. The highest BCUT2D eigenvalue weighted by Crippen LogP contribution is 2.39. The van der Waals surface area contributed by atoms with Crippen LogP contribution in [-0.2, 0) is 11.3 Å². The fourth-order valence-corrected chi connectivity index (χ4v) is 4.39. The number of nitrogens with zero attached hydrogens (tertiary/aromatic N) is 1. The molecule has 2 heterocycles. The van der Waals surface area contributed by atoms with E-state index in [1.165, 1.54) is 5.56 Å². The zero-order valence-electron chi connectivity index (χ0n) is 11.4. The first-order valence-electron chi connectivity index (χ1n) is 7.08. The molecule has 4 nitrogen and oxygen atoms in total. The summed E-state index contributed by atoms with van der Waals surface area (Å²) in [4.78, 5) is 13.5. The first-order valence-corrected chi connectivity index (χ1v) is 8.06. The van der Waals surface area contributed by atoms with Crippen molar-refractivity contribution >= 4 is 17.7 Å². The number of benzene rings is 1. The molecule has 2 saturated heterocycles. The van der Waals surface area contributed by atoms with Gasteiger partial charge in [0.05, 0.1) is 4.87 Å². The quantitative estimate of drug-likeness (QED) is 0.889. The lowest BCUT2D eigenvalue weighted by Crippen LogP contribution is -2.51. The van der Waals surface area contributed by atoms with Gasteiger partial charge >= 0.3 is 5.97 Å². The lowest BCUT2D eigenvalue weighted by atomic mass is 10.0. The maximum absolute atomic E-state index is 11.0. The molecule has 0 saturated carbocycles. The molecule has 20 heavy (non-hydrogen) atoms. The molecule has 1 aromatic rings. The van der Waals surface area contributed by atoms with Crippen LogP contribution in [0.5, 0.6) is 0 Å². The Morgan fingerprint density at radius 1 is 1.35 bits per heavy atom. The minimum Gasteiger partial charge on any atom is -0.480 e. The molecule has 2 aliphatic heterocycles. The number of thioether (sulfide) groups is 1. The summed E-state index contributed by atoms with van der Waals surface area (Å²) in [7, 11) is 0. The third-order valence-corrected chi connectivity index (χ3v) is 5.75. The van der Waals surface area contributed by atoms with Crippen molar-refractivity contribution in [2.24, 2.45) is 0 Å². The van der Waals surface area contributed by atoms with Gasteiger partial charge in [-0.25, -0.2) is 0 Å². The second kappa shape index (κ2) is 5.76. The summed E-state index contributed by atoms with van der Waals surface area (Å²) in [5.74, 6) is -0.0327. The SMILES string of the molecule is O=C(O)[C@H]1CSC2(CCN(Cc3ccccc3)CC2)N1. The molecule has 1 spiro atoms. The summed E-state index contributed by atoms with van der Waals surface area (Å²) < 4.78 is 0. The molecule has 0 radical (unpaired) electrons. The average molecular weight is 292 g/mol. The third kappa shape index (κ3) is 3.00. The van der Waals surface area contributed by atoms with Gasteiger partial charge in [0.1, 0.15) is 6.04 Å². The summed E-state index contributed by atoms with van der Waals surface area (Å²) in [6, 6.07) is 10.1. The highest BCUT2D eigenvalue weighted by atomic mass is 32.2. The van der Waals surface area contributed by atoms with E-state index in [0.717, 1.165) is 32.5 Å². The molecule has 1 atom stereocenters. The molecule has 2 N–H and O–H groups in total. The van der Waals surface area contributed by atoms with E-state index in [1.54, 1.807) is 11.8 Å². The Balaban J connectivity index is 1.54. The van der Waals surface area contributed by atoms with Crippen LogP contribution in [0.15, 0.2) is 30.3 Å². The van der Waals surface area contributed by atoms with Crippen LogP contribution >= 0.6 is 11.8 Å². The van der Waals surface area contributed by atoms with Crippen molar-refractivity contribution in [1.82, 2.24) is 10.2 Å². The van der Waals surface area contributed by atoms with Gasteiger partial charge in [0.25, 0.3) is 0 Å². The van der Waals surface area contributed by atoms with Crippen molar-refractivity contribution < 1.29 is 9.90 Å². The first-order chi connectivity index (χ1) is 9.67. The Labute approximate surface area is 123 Å². The van der Waals surface area contributed by atoms with E-state index in [-0.39, 0.29) is 10.9 Å². The van der Waals surface area contributed by atoms with Gasteiger partial charge in [-0.15, -0.1) is 11.8 Å². The number of piperidine rings is 1. The number of hydrogen-bond acceptors (Lipinski definition) is 4. The largest absolute Gasteiger partial charge is 0.480 e. The molecule has 5 heteroatoms. The Bertz CT molecular complexity index is 472. The van der Waals surface area contributed by atoms with Gasteiger partial charge in [-0.2, -0.15) is 0 Å². The van der Waals surface area contributed by atoms with E-state index in [2.05, 4.69) is 34.5 Å². The minimum atomic E-state index is -0.721. The van der Waals surface area contributed by atoms with E-state index in [1.807, 2.05) is 6.07 Å². The molecule has 0 aromatic heterocycles. The number of nitrogens with one attached hydrogen (secondary N) is 1. The fourth-order valence-electron chi connectivity index (χ4n) is 2.98. The second-order valence-corrected chi connectivity index (χ2v) is 7.01. The van der Waals surface area contributed by atoms with Crippen LogP contribution in [0.4, 0.5) is 0 Å². The lowest BCUT2D eigenvalue weighted by Gasteiger charge is -2.39. The molecule has 0 aliphatic carbocycles. The summed E-state index contributed by atoms with van der Waals surface area (Å²) in [5, 5.41) is 12.4. The molecule has 0 bridgehead atoms. The lowest BCUT2D eigenvalue weighted by molar-refractivity contribution is -0.139. The molecular formula is C15H20N2O2S. The van der Waals surface area contributed by atoms with Gasteiger partial charge in [0, 0.05) is 25.4 Å². The molecule has 3 rings (SSSR count). The van der Waals surface area contributed by atoms with Crippen LogP contribution in [0.3, 0.4) is 0 Å². The molecule has 2 aliphatic rings. The zero-order chi connectivity index (χ0) is 14.0. The fraction of sp³-hybridized carbons (Fsp3) is 0.533. The summed E-state index contributed by atoms with van der Waals surface area (Å²) in [5.41, 5.74) is 1.35. The Hall–Kier alpha value is -1.04. The number of rotatable bonds is 3. The molecule has 0 amide bonds. The number of likely N-dealkylation sites (tertiary alicyclic amines) is 1. The van der Waals surface area contributed by atoms with Crippen molar-refractivity contribution in [3.05, 3.63) is 35.9 Å². The molecule has 1 aromatic carbocycles. The summed E-state index contributed by atoms with van der Waals surface area (Å²) >= 11 is 1.79. The molecule has 108 valence electrons. The van der Waals surface area contributed by atoms with Crippen LogP contribution in [0.25, 0.3) is 0 Å². The van der Waals surface area contributed by atoms with Gasteiger partial charge in [-0.05, 0) is 18.4 Å². The Morgan fingerprint density at radius 2 is 2.05 bits per heavy atom. The van der Waals surface area contributed by atoms with Crippen molar-refractivity contribution in [3.8, 4) is 0 Å². The van der Waals surface area contributed by atoms with Gasteiger partial charge in [0.2, 0.25) is 0 Å². The van der Waals surface area contributed by atoms with Crippen LogP contribution in [0, 0.1) is 0 Å². The van der Waals surface area contributed by atoms with Crippen molar-refractivity contribution in [2.45, 2.75) is 30.3 Å². The number of carboxylic acid groups (broad SMARTS) is 1. The van der Waals surface area contributed by atoms with Gasteiger partial charge < -0.3 is 5.11 Å². The van der Waals surface area contributed by atoms with Crippen molar-refractivity contribution in [2.75, 3.05) is 18.8 Å². The van der Waals surface area contributed by atoms with Crippen LogP contribution in [0.2, 0.25) is 0 Å². The second-order valence-electron chi connectivity index (χ2n) is 5.60. The third-order valence-electron chi connectivity index (χ3n) is 4.17. The number of carbonyl (C=O) groups is 1. The highest BCUT2D eigenvalue weighted by molar-refractivity contribution is 8.01. The van der Waals surface area contributed by atoms with Crippen molar-refractivity contribution in [3.63, 3.8) is 0 Å². The summed E-state index contributed by atoms with van der Waals surface area (Å²) in [6.07, 6.45) is 2.04. The monoisotopic (exact) mass is 292 g/mol. The van der Waals surface area contributed by atoms with Gasteiger partial charge in [-0.1, -0.05) is 30.3 Å². The minimum absolute atomic E-state index is 0.00373. The van der Waals surface area contributed by atoms with Gasteiger partial charge in [-0.3, -0.25) is 15.0 Å². The van der Waals surface area contributed by atoms with E-state index < -0.39 is 5.97 Å². The predicted molar refractivity (Wildman–Crippen MR) is 80.7 cm³/mol.